The van der Waals surface area contributed by atoms with Crippen LogP contribution in [0.25, 0.3) is 27.6 Å². The Morgan fingerprint density at radius 2 is 1.85 bits per heavy atom. The number of thioether (sulfide) groups is 1. The molecule has 6 nitrogen and oxygen atoms in total. The number of hydrogen-bond acceptors (Lipinski definition) is 4. The molecule has 0 saturated heterocycles. The number of amides is 1. The van der Waals surface area contributed by atoms with Crippen LogP contribution in [-0.4, -0.2) is 26.2 Å². The second-order valence-electron chi connectivity index (χ2n) is 8.06. The lowest BCUT2D eigenvalue weighted by atomic mass is 10.1. The summed E-state index contributed by atoms with van der Waals surface area (Å²) in [5.41, 5.74) is 5.06. The van der Waals surface area contributed by atoms with Gasteiger partial charge in [-0.3, -0.25) is 14.2 Å². The Hall–Kier alpha value is -3.55. The predicted molar refractivity (Wildman–Crippen MR) is 139 cm³/mol. The number of aromatic amines is 1. The van der Waals surface area contributed by atoms with Crippen molar-refractivity contribution in [3.05, 3.63) is 93.2 Å². The molecule has 0 aliphatic rings. The Labute approximate surface area is 205 Å². The Morgan fingerprint density at radius 1 is 1.09 bits per heavy atom. The standard InChI is InChI=1S/C26H21ClN4O2S/c1-15-7-8-16(2)21(13-15)31-25(33)24-23(19-5-3-4-6-20(19)29-24)30-26(31)34-14-22(32)28-18-11-9-17(27)10-12-18/h3-13,29H,14H2,1-2H3,(H,28,32). The molecule has 0 bridgehead atoms. The molecule has 34 heavy (non-hydrogen) atoms. The van der Waals surface area contributed by atoms with Gasteiger partial charge in [-0.25, -0.2) is 4.98 Å². The molecule has 170 valence electrons. The number of carbonyl (C=O) groups excluding carboxylic acids is 1. The molecule has 0 aliphatic heterocycles. The van der Waals surface area contributed by atoms with E-state index in [1.54, 1.807) is 28.8 Å². The fourth-order valence-electron chi connectivity index (χ4n) is 3.87. The van der Waals surface area contributed by atoms with Gasteiger partial charge in [0.05, 0.1) is 11.4 Å². The van der Waals surface area contributed by atoms with Crippen LogP contribution in [0.15, 0.2) is 76.7 Å². The van der Waals surface area contributed by atoms with Gasteiger partial charge >= 0.3 is 0 Å². The summed E-state index contributed by atoms with van der Waals surface area (Å²) < 4.78 is 1.60. The maximum atomic E-state index is 13.7. The van der Waals surface area contributed by atoms with E-state index >= 15 is 0 Å². The third-order valence-electron chi connectivity index (χ3n) is 5.56. The Balaban J connectivity index is 1.59. The van der Waals surface area contributed by atoms with E-state index in [9.17, 15) is 9.59 Å². The molecule has 3 aromatic carbocycles. The van der Waals surface area contributed by atoms with E-state index in [2.05, 4.69) is 10.3 Å². The molecule has 0 unspecified atom stereocenters. The smallest absolute Gasteiger partial charge is 0.283 e. The number of halogens is 1. The van der Waals surface area contributed by atoms with Crippen LogP contribution in [0.1, 0.15) is 11.1 Å². The minimum atomic E-state index is -0.201. The third kappa shape index (κ3) is 4.20. The van der Waals surface area contributed by atoms with E-state index in [1.165, 1.54) is 11.8 Å². The molecule has 2 heterocycles. The first-order valence-electron chi connectivity index (χ1n) is 10.7. The van der Waals surface area contributed by atoms with Crippen molar-refractivity contribution >= 4 is 56.9 Å². The second-order valence-corrected chi connectivity index (χ2v) is 9.44. The van der Waals surface area contributed by atoms with Crippen molar-refractivity contribution in [3.63, 3.8) is 0 Å². The molecule has 5 rings (SSSR count). The number of rotatable bonds is 5. The fraction of sp³-hybridized carbons (Fsp3) is 0.115. The minimum Gasteiger partial charge on any atom is -0.349 e. The average molecular weight is 489 g/mol. The zero-order valence-electron chi connectivity index (χ0n) is 18.6. The normalized spacial score (nSPS) is 11.3. The largest absolute Gasteiger partial charge is 0.349 e. The lowest BCUT2D eigenvalue weighted by molar-refractivity contribution is -0.113. The molecule has 0 radical (unpaired) electrons. The van der Waals surface area contributed by atoms with Crippen LogP contribution in [-0.2, 0) is 4.79 Å². The number of aromatic nitrogens is 3. The van der Waals surface area contributed by atoms with Gasteiger partial charge in [0.25, 0.3) is 5.56 Å². The van der Waals surface area contributed by atoms with Gasteiger partial charge in [-0.05, 0) is 61.4 Å². The van der Waals surface area contributed by atoms with E-state index in [0.717, 1.165) is 27.7 Å². The molecule has 1 amide bonds. The highest BCUT2D eigenvalue weighted by molar-refractivity contribution is 7.99. The first-order valence-corrected chi connectivity index (χ1v) is 12.1. The quantitative estimate of drug-likeness (QED) is 0.239. The molecule has 2 aromatic heterocycles. The summed E-state index contributed by atoms with van der Waals surface area (Å²) in [6, 6.07) is 20.6. The average Bonchev–Trinajstić information content (AvgIpc) is 3.20. The molecular formula is C26H21ClN4O2S. The molecule has 0 aliphatic carbocycles. The number of para-hydroxylation sites is 1. The van der Waals surface area contributed by atoms with Crippen LogP contribution >= 0.6 is 23.4 Å². The third-order valence-corrected chi connectivity index (χ3v) is 6.75. The molecule has 8 heteroatoms. The van der Waals surface area contributed by atoms with Crippen LogP contribution in [0, 0.1) is 13.8 Å². The molecule has 0 atom stereocenters. The van der Waals surface area contributed by atoms with E-state index in [4.69, 9.17) is 16.6 Å². The van der Waals surface area contributed by atoms with Crippen LogP contribution in [0.5, 0.6) is 0 Å². The molecule has 0 spiro atoms. The molecular weight excluding hydrogens is 468 g/mol. The van der Waals surface area contributed by atoms with E-state index in [0.29, 0.717) is 26.9 Å². The zero-order chi connectivity index (χ0) is 23.8. The number of benzene rings is 3. The van der Waals surface area contributed by atoms with Crippen LogP contribution in [0.2, 0.25) is 5.02 Å². The number of H-pyrrole nitrogens is 1. The van der Waals surface area contributed by atoms with Crippen molar-refractivity contribution < 1.29 is 4.79 Å². The SMILES string of the molecule is Cc1ccc(C)c(-n2c(SCC(=O)Nc3ccc(Cl)cc3)nc3c([nH]c4ccccc43)c2=O)c1. The first kappa shape index (κ1) is 22.3. The van der Waals surface area contributed by atoms with Gasteiger partial charge in [-0.15, -0.1) is 0 Å². The van der Waals surface area contributed by atoms with Crippen molar-refractivity contribution in [2.75, 3.05) is 11.1 Å². The van der Waals surface area contributed by atoms with Crippen LogP contribution in [0.3, 0.4) is 0 Å². The predicted octanol–water partition coefficient (Wildman–Crippen LogP) is 5.87. The molecule has 0 fully saturated rings. The summed E-state index contributed by atoms with van der Waals surface area (Å²) >= 11 is 7.15. The highest BCUT2D eigenvalue weighted by Crippen LogP contribution is 2.27. The summed E-state index contributed by atoms with van der Waals surface area (Å²) in [6.45, 7) is 3.94. The van der Waals surface area contributed by atoms with E-state index in [1.807, 2.05) is 56.3 Å². The molecule has 5 aromatic rings. The van der Waals surface area contributed by atoms with Crippen LogP contribution < -0.4 is 10.9 Å². The van der Waals surface area contributed by atoms with Crippen molar-refractivity contribution in [1.29, 1.82) is 0 Å². The number of fused-ring (bicyclic) bond motifs is 3. The van der Waals surface area contributed by atoms with E-state index in [-0.39, 0.29) is 17.2 Å². The number of carbonyl (C=O) groups is 1. The van der Waals surface area contributed by atoms with E-state index < -0.39 is 0 Å². The zero-order valence-corrected chi connectivity index (χ0v) is 20.1. The fourth-order valence-corrected chi connectivity index (χ4v) is 4.80. The van der Waals surface area contributed by atoms with Crippen molar-refractivity contribution in [2.45, 2.75) is 19.0 Å². The summed E-state index contributed by atoms with van der Waals surface area (Å²) in [5.74, 6) is -0.110. The summed E-state index contributed by atoms with van der Waals surface area (Å²) in [7, 11) is 0. The van der Waals surface area contributed by atoms with Gasteiger partial charge in [0.1, 0.15) is 11.0 Å². The van der Waals surface area contributed by atoms with Gasteiger partial charge < -0.3 is 10.3 Å². The van der Waals surface area contributed by atoms with Gasteiger partial charge in [0, 0.05) is 21.6 Å². The lowest BCUT2D eigenvalue weighted by Gasteiger charge is -2.15. The number of aryl methyl sites for hydroxylation is 2. The topological polar surface area (TPSA) is 79.8 Å². The minimum absolute atomic E-state index is 0.0911. The second kappa shape index (κ2) is 9.00. The van der Waals surface area contributed by atoms with Crippen molar-refractivity contribution in [1.82, 2.24) is 14.5 Å². The van der Waals surface area contributed by atoms with Crippen molar-refractivity contribution in [3.8, 4) is 5.69 Å². The highest BCUT2D eigenvalue weighted by Gasteiger charge is 2.19. The number of anilines is 1. The molecule has 2 N–H and O–H groups in total. The Kier molecular flexibility index (Phi) is 5.89. The maximum Gasteiger partial charge on any atom is 0.283 e. The molecule has 0 saturated carbocycles. The lowest BCUT2D eigenvalue weighted by Crippen LogP contribution is -2.23. The maximum absolute atomic E-state index is 13.7. The monoisotopic (exact) mass is 488 g/mol. The Morgan fingerprint density at radius 3 is 2.65 bits per heavy atom. The van der Waals surface area contributed by atoms with Crippen LogP contribution in [0.4, 0.5) is 5.69 Å². The van der Waals surface area contributed by atoms with Gasteiger partial charge in [0.2, 0.25) is 5.91 Å². The van der Waals surface area contributed by atoms with Gasteiger partial charge in [-0.2, -0.15) is 0 Å². The number of nitrogens with zero attached hydrogens (tertiary/aromatic N) is 2. The Bertz CT molecular complexity index is 1610. The summed E-state index contributed by atoms with van der Waals surface area (Å²) in [4.78, 5) is 34.5. The summed E-state index contributed by atoms with van der Waals surface area (Å²) in [5, 5.41) is 4.78. The van der Waals surface area contributed by atoms with Gasteiger partial charge in [-0.1, -0.05) is 53.7 Å². The number of nitrogens with one attached hydrogen (secondary N) is 2. The number of hydrogen-bond donors (Lipinski definition) is 2. The van der Waals surface area contributed by atoms with Crippen molar-refractivity contribution in [2.24, 2.45) is 0 Å². The first-order chi connectivity index (χ1) is 16.4. The highest BCUT2D eigenvalue weighted by atomic mass is 35.5. The van der Waals surface area contributed by atoms with Gasteiger partial charge in [0.15, 0.2) is 5.16 Å². The summed E-state index contributed by atoms with van der Waals surface area (Å²) in [6.07, 6.45) is 0.